The average Bonchev–Trinajstić information content (AvgIpc) is 2.78. The number of aromatic nitrogens is 2. The molecule has 0 saturated carbocycles. The highest BCUT2D eigenvalue weighted by Crippen LogP contribution is 2.27. The van der Waals surface area contributed by atoms with Gasteiger partial charge in [-0.3, -0.25) is 0 Å². The van der Waals surface area contributed by atoms with Gasteiger partial charge in [-0.05, 0) is 40.7 Å². The van der Waals surface area contributed by atoms with Crippen molar-refractivity contribution < 1.29 is 4.74 Å². The molecule has 5 heteroatoms. The van der Waals surface area contributed by atoms with Crippen LogP contribution in [0.5, 0.6) is 5.75 Å². The first-order valence-electron chi connectivity index (χ1n) is 5.31. The van der Waals surface area contributed by atoms with Crippen molar-refractivity contribution in [1.29, 1.82) is 0 Å². The van der Waals surface area contributed by atoms with Crippen molar-refractivity contribution in [2.24, 2.45) is 5.73 Å². The zero-order valence-electron chi connectivity index (χ0n) is 9.56. The predicted octanol–water partition coefficient (Wildman–Crippen LogP) is 2.14. The summed E-state index contributed by atoms with van der Waals surface area (Å²) in [5.74, 6) is 0.814. The molecule has 2 rings (SSSR count). The molecule has 2 aromatic rings. The summed E-state index contributed by atoms with van der Waals surface area (Å²) in [7, 11) is 1.65. The minimum absolute atomic E-state index is 0.614. The van der Waals surface area contributed by atoms with E-state index in [1.807, 2.05) is 29.0 Å². The van der Waals surface area contributed by atoms with Crippen LogP contribution in [0.25, 0.3) is 5.69 Å². The maximum absolute atomic E-state index is 5.57. The first kappa shape index (κ1) is 12.1. The summed E-state index contributed by atoms with van der Waals surface area (Å²) in [6.45, 7) is 0.614. The Morgan fingerprint density at radius 1 is 1.47 bits per heavy atom. The molecule has 0 aliphatic rings. The van der Waals surface area contributed by atoms with E-state index in [0.29, 0.717) is 6.54 Å². The van der Waals surface area contributed by atoms with Crippen molar-refractivity contribution in [3.05, 3.63) is 40.9 Å². The lowest BCUT2D eigenvalue weighted by atomic mass is 10.2. The van der Waals surface area contributed by atoms with Crippen molar-refractivity contribution in [3.8, 4) is 11.4 Å². The lowest BCUT2D eigenvalue weighted by Gasteiger charge is -2.09. The van der Waals surface area contributed by atoms with E-state index in [1.54, 1.807) is 13.4 Å². The standard InChI is InChI=1S/C12H14BrN3O/c1-17-12-3-2-9(6-11(12)13)16-8-15-7-10(16)4-5-14/h2-3,6-8H,4-5,14H2,1H3. The van der Waals surface area contributed by atoms with E-state index >= 15 is 0 Å². The maximum atomic E-state index is 5.57. The molecular weight excluding hydrogens is 282 g/mol. The zero-order valence-corrected chi connectivity index (χ0v) is 11.1. The van der Waals surface area contributed by atoms with Crippen molar-refractivity contribution >= 4 is 15.9 Å². The molecule has 0 aliphatic heterocycles. The van der Waals surface area contributed by atoms with Gasteiger partial charge in [0.1, 0.15) is 5.75 Å². The Balaban J connectivity index is 2.39. The van der Waals surface area contributed by atoms with Gasteiger partial charge in [0.25, 0.3) is 0 Å². The van der Waals surface area contributed by atoms with Crippen LogP contribution in [0, 0.1) is 0 Å². The molecule has 0 saturated heterocycles. The third-order valence-corrected chi connectivity index (χ3v) is 3.15. The van der Waals surface area contributed by atoms with Crippen molar-refractivity contribution in [1.82, 2.24) is 9.55 Å². The van der Waals surface area contributed by atoms with Gasteiger partial charge in [0.2, 0.25) is 0 Å². The second-order valence-corrected chi connectivity index (χ2v) is 4.47. The van der Waals surface area contributed by atoms with Gasteiger partial charge in [-0.1, -0.05) is 0 Å². The molecule has 0 fully saturated rings. The fourth-order valence-electron chi connectivity index (χ4n) is 1.69. The number of halogens is 1. The molecule has 0 atom stereocenters. The van der Waals surface area contributed by atoms with E-state index in [1.165, 1.54) is 0 Å². The quantitative estimate of drug-likeness (QED) is 0.940. The largest absolute Gasteiger partial charge is 0.496 e. The van der Waals surface area contributed by atoms with Gasteiger partial charge in [0.15, 0.2) is 0 Å². The van der Waals surface area contributed by atoms with Crippen LogP contribution in [0.2, 0.25) is 0 Å². The fourth-order valence-corrected chi connectivity index (χ4v) is 2.22. The molecule has 0 spiro atoms. The number of hydrogen-bond donors (Lipinski definition) is 1. The highest BCUT2D eigenvalue weighted by atomic mass is 79.9. The lowest BCUT2D eigenvalue weighted by molar-refractivity contribution is 0.412. The number of nitrogens with two attached hydrogens (primary N) is 1. The first-order valence-corrected chi connectivity index (χ1v) is 6.10. The second kappa shape index (κ2) is 5.33. The molecule has 0 aliphatic carbocycles. The molecule has 0 unspecified atom stereocenters. The highest BCUT2D eigenvalue weighted by Gasteiger charge is 2.06. The molecule has 90 valence electrons. The summed E-state index contributed by atoms with van der Waals surface area (Å²) in [5.41, 5.74) is 7.71. The van der Waals surface area contributed by atoms with Crippen LogP contribution in [-0.4, -0.2) is 23.2 Å². The maximum Gasteiger partial charge on any atom is 0.133 e. The molecule has 0 radical (unpaired) electrons. The Kier molecular flexibility index (Phi) is 3.81. The van der Waals surface area contributed by atoms with Gasteiger partial charge in [0, 0.05) is 24.0 Å². The van der Waals surface area contributed by atoms with Crippen molar-refractivity contribution in [2.75, 3.05) is 13.7 Å². The number of imidazole rings is 1. The van der Waals surface area contributed by atoms with E-state index in [-0.39, 0.29) is 0 Å². The summed E-state index contributed by atoms with van der Waals surface area (Å²) in [6, 6.07) is 5.91. The SMILES string of the molecule is COc1ccc(-n2cncc2CCN)cc1Br. The highest BCUT2D eigenvalue weighted by molar-refractivity contribution is 9.10. The van der Waals surface area contributed by atoms with Gasteiger partial charge in [0.05, 0.1) is 17.9 Å². The summed E-state index contributed by atoms with van der Waals surface area (Å²) in [6.07, 6.45) is 4.44. The minimum atomic E-state index is 0.614. The first-order chi connectivity index (χ1) is 8.26. The predicted molar refractivity (Wildman–Crippen MR) is 70.6 cm³/mol. The Hall–Kier alpha value is -1.33. The van der Waals surface area contributed by atoms with E-state index in [0.717, 1.165) is 28.0 Å². The number of hydrogen-bond acceptors (Lipinski definition) is 3. The number of ether oxygens (including phenoxy) is 1. The van der Waals surface area contributed by atoms with Crippen LogP contribution < -0.4 is 10.5 Å². The van der Waals surface area contributed by atoms with Crippen LogP contribution in [0.4, 0.5) is 0 Å². The Labute approximate surface area is 109 Å². The monoisotopic (exact) mass is 295 g/mol. The molecule has 0 bridgehead atoms. The van der Waals surface area contributed by atoms with E-state index in [2.05, 4.69) is 20.9 Å². The fraction of sp³-hybridized carbons (Fsp3) is 0.250. The van der Waals surface area contributed by atoms with Gasteiger partial charge in [-0.25, -0.2) is 4.98 Å². The smallest absolute Gasteiger partial charge is 0.133 e. The second-order valence-electron chi connectivity index (χ2n) is 3.61. The van der Waals surface area contributed by atoms with Gasteiger partial charge in [-0.15, -0.1) is 0 Å². The third-order valence-electron chi connectivity index (χ3n) is 2.53. The molecule has 1 aromatic heterocycles. The zero-order chi connectivity index (χ0) is 12.3. The number of methoxy groups -OCH3 is 1. The molecular formula is C12H14BrN3O. The Morgan fingerprint density at radius 3 is 2.94 bits per heavy atom. The Bertz CT molecular complexity index is 510. The molecule has 4 nitrogen and oxygen atoms in total. The van der Waals surface area contributed by atoms with Gasteiger partial charge >= 0.3 is 0 Å². The summed E-state index contributed by atoms with van der Waals surface area (Å²) < 4.78 is 8.15. The summed E-state index contributed by atoms with van der Waals surface area (Å²) in [4.78, 5) is 4.15. The molecule has 17 heavy (non-hydrogen) atoms. The van der Waals surface area contributed by atoms with Crippen LogP contribution in [0.1, 0.15) is 5.69 Å². The molecule has 0 amide bonds. The number of benzene rings is 1. The Morgan fingerprint density at radius 2 is 2.29 bits per heavy atom. The van der Waals surface area contributed by atoms with E-state index in [4.69, 9.17) is 10.5 Å². The molecule has 2 N–H and O–H groups in total. The van der Waals surface area contributed by atoms with E-state index in [9.17, 15) is 0 Å². The summed E-state index contributed by atoms with van der Waals surface area (Å²) in [5, 5.41) is 0. The van der Waals surface area contributed by atoms with Crippen molar-refractivity contribution in [2.45, 2.75) is 6.42 Å². The normalized spacial score (nSPS) is 10.5. The molecule has 1 aromatic carbocycles. The molecule has 1 heterocycles. The van der Waals surface area contributed by atoms with Crippen LogP contribution in [0.15, 0.2) is 35.2 Å². The van der Waals surface area contributed by atoms with Crippen molar-refractivity contribution in [3.63, 3.8) is 0 Å². The number of nitrogens with zero attached hydrogens (tertiary/aromatic N) is 2. The van der Waals surface area contributed by atoms with Crippen LogP contribution >= 0.6 is 15.9 Å². The topological polar surface area (TPSA) is 53.1 Å². The summed E-state index contributed by atoms with van der Waals surface area (Å²) >= 11 is 3.47. The minimum Gasteiger partial charge on any atom is -0.496 e. The number of rotatable bonds is 4. The van der Waals surface area contributed by atoms with Gasteiger partial charge < -0.3 is 15.0 Å². The lowest BCUT2D eigenvalue weighted by Crippen LogP contribution is -2.07. The van der Waals surface area contributed by atoms with Crippen LogP contribution in [-0.2, 0) is 6.42 Å². The average molecular weight is 296 g/mol. The van der Waals surface area contributed by atoms with Gasteiger partial charge in [-0.2, -0.15) is 0 Å². The van der Waals surface area contributed by atoms with Crippen LogP contribution in [0.3, 0.4) is 0 Å². The van der Waals surface area contributed by atoms with E-state index < -0.39 is 0 Å². The third kappa shape index (κ3) is 2.50.